The Kier molecular flexibility index (Phi) is 5.63. The maximum absolute atomic E-state index is 13.7. The largest absolute Gasteiger partial charge is 0.477 e. The molecule has 4 rings (SSSR count). The minimum absolute atomic E-state index is 0.234. The Morgan fingerprint density at radius 3 is 2.50 bits per heavy atom. The minimum atomic E-state index is -0.991. The van der Waals surface area contributed by atoms with E-state index in [-0.39, 0.29) is 18.1 Å². The summed E-state index contributed by atoms with van der Waals surface area (Å²) in [6, 6.07) is 22.1. The van der Waals surface area contributed by atoms with E-state index < -0.39 is 5.97 Å². The molecular formula is C25H23FN2O2. The lowest BCUT2D eigenvalue weighted by Crippen LogP contribution is -2.17. The van der Waals surface area contributed by atoms with Gasteiger partial charge in [0.1, 0.15) is 11.5 Å². The van der Waals surface area contributed by atoms with Gasteiger partial charge in [0.2, 0.25) is 0 Å². The number of rotatable bonds is 7. The van der Waals surface area contributed by atoms with Crippen LogP contribution in [0.4, 0.5) is 4.39 Å². The highest BCUT2D eigenvalue weighted by Gasteiger charge is 2.22. The number of aromatic carboxylic acids is 1. The number of halogens is 1. The molecule has 0 atom stereocenters. The van der Waals surface area contributed by atoms with Crippen LogP contribution in [0.2, 0.25) is 0 Å². The summed E-state index contributed by atoms with van der Waals surface area (Å²) < 4.78 is 15.4. The van der Waals surface area contributed by atoms with Crippen LogP contribution >= 0.6 is 0 Å². The van der Waals surface area contributed by atoms with Crippen molar-refractivity contribution < 1.29 is 14.3 Å². The van der Waals surface area contributed by atoms with Gasteiger partial charge in [-0.15, -0.1) is 0 Å². The fourth-order valence-corrected chi connectivity index (χ4v) is 3.93. The van der Waals surface area contributed by atoms with E-state index in [0.717, 1.165) is 27.6 Å². The molecule has 0 radical (unpaired) electrons. The predicted molar refractivity (Wildman–Crippen MR) is 116 cm³/mol. The van der Waals surface area contributed by atoms with Crippen molar-refractivity contribution in [1.82, 2.24) is 9.88 Å². The van der Waals surface area contributed by atoms with Crippen LogP contribution in [-0.2, 0) is 19.6 Å². The molecule has 152 valence electrons. The van der Waals surface area contributed by atoms with Gasteiger partial charge in [-0.05, 0) is 36.2 Å². The molecule has 0 aliphatic heterocycles. The summed E-state index contributed by atoms with van der Waals surface area (Å²) in [6.07, 6.45) is 0. The van der Waals surface area contributed by atoms with Crippen LogP contribution < -0.4 is 5.32 Å². The van der Waals surface area contributed by atoms with Gasteiger partial charge in [0, 0.05) is 36.1 Å². The van der Waals surface area contributed by atoms with E-state index in [4.69, 9.17) is 0 Å². The molecule has 5 heteroatoms. The van der Waals surface area contributed by atoms with Crippen LogP contribution in [0.25, 0.3) is 10.9 Å². The number of carboxylic acid groups (broad SMARTS) is 1. The van der Waals surface area contributed by atoms with Crippen molar-refractivity contribution in [3.8, 4) is 0 Å². The molecule has 2 N–H and O–H groups in total. The third-order valence-corrected chi connectivity index (χ3v) is 5.22. The van der Waals surface area contributed by atoms with E-state index in [1.807, 2.05) is 49.4 Å². The van der Waals surface area contributed by atoms with Crippen LogP contribution in [0.1, 0.15) is 32.7 Å². The lowest BCUT2D eigenvalue weighted by molar-refractivity contribution is 0.0685. The first kappa shape index (κ1) is 19.9. The van der Waals surface area contributed by atoms with E-state index in [1.54, 1.807) is 16.7 Å². The molecule has 0 spiro atoms. The first-order chi connectivity index (χ1) is 14.5. The molecule has 4 nitrogen and oxygen atoms in total. The first-order valence-electron chi connectivity index (χ1n) is 9.87. The van der Waals surface area contributed by atoms with Crippen molar-refractivity contribution in [2.75, 3.05) is 0 Å². The summed E-state index contributed by atoms with van der Waals surface area (Å²) in [5.74, 6) is -1.32. The normalized spacial score (nSPS) is 11.1. The smallest absolute Gasteiger partial charge is 0.352 e. The minimum Gasteiger partial charge on any atom is -0.477 e. The molecular weight excluding hydrogens is 379 g/mol. The monoisotopic (exact) mass is 402 g/mol. The highest BCUT2D eigenvalue weighted by molar-refractivity contribution is 5.98. The molecule has 30 heavy (non-hydrogen) atoms. The fraction of sp³-hybridized carbons (Fsp3) is 0.160. The maximum atomic E-state index is 13.7. The zero-order valence-corrected chi connectivity index (χ0v) is 16.7. The van der Waals surface area contributed by atoms with E-state index in [9.17, 15) is 14.3 Å². The number of aromatic nitrogens is 1. The van der Waals surface area contributed by atoms with Crippen molar-refractivity contribution in [3.63, 3.8) is 0 Å². The zero-order chi connectivity index (χ0) is 21.1. The Morgan fingerprint density at radius 2 is 1.73 bits per heavy atom. The molecule has 3 aromatic carbocycles. The second-order valence-electron chi connectivity index (χ2n) is 7.46. The summed E-state index contributed by atoms with van der Waals surface area (Å²) in [5, 5.41) is 14.3. The Hall–Kier alpha value is -3.44. The van der Waals surface area contributed by atoms with Crippen molar-refractivity contribution in [2.45, 2.75) is 26.6 Å². The number of hydrogen-bond acceptors (Lipinski definition) is 2. The van der Waals surface area contributed by atoms with Crippen molar-refractivity contribution in [3.05, 3.63) is 107 Å². The molecule has 0 aliphatic rings. The topological polar surface area (TPSA) is 54.3 Å². The summed E-state index contributed by atoms with van der Waals surface area (Å²) in [4.78, 5) is 12.2. The van der Waals surface area contributed by atoms with Crippen molar-refractivity contribution >= 4 is 16.9 Å². The number of nitrogens with zero attached hydrogens (tertiary/aromatic N) is 1. The number of fused-ring (bicyclic) bond motifs is 1. The first-order valence-corrected chi connectivity index (χ1v) is 9.87. The maximum Gasteiger partial charge on any atom is 0.352 e. The highest BCUT2D eigenvalue weighted by atomic mass is 19.1. The molecule has 0 unspecified atom stereocenters. The van der Waals surface area contributed by atoms with Crippen LogP contribution in [0.15, 0.2) is 72.8 Å². The second kappa shape index (κ2) is 8.51. The van der Waals surface area contributed by atoms with E-state index >= 15 is 0 Å². The fourth-order valence-electron chi connectivity index (χ4n) is 3.93. The third kappa shape index (κ3) is 4.11. The van der Waals surface area contributed by atoms with Crippen molar-refractivity contribution in [1.29, 1.82) is 0 Å². The molecule has 1 aromatic heterocycles. The van der Waals surface area contributed by atoms with Gasteiger partial charge in [0.25, 0.3) is 0 Å². The molecule has 0 fully saturated rings. The number of nitrogens with one attached hydrogen (secondary N) is 1. The average molecular weight is 402 g/mol. The number of aryl methyl sites for hydroxylation is 1. The molecule has 0 saturated heterocycles. The van der Waals surface area contributed by atoms with Crippen molar-refractivity contribution in [2.24, 2.45) is 0 Å². The van der Waals surface area contributed by atoms with E-state index in [2.05, 4.69) is 11.4 Å². The lowest BCUT2D eigenvalue weighted by Gasteiger charge is -2.10. The Balaban J connectivity index is 1.70. The standard InChI is InChI=1S/C25H23FN2O2/c1-17-6-4-7-18(12-17)14-27-15-22-21-10-2-3-11-23(21)28(24(22)25(29)30)16-19-8-5-9-20(26)13-19/h2-13,27H,14-16H2,1H3,(H,29,30). The lowest BCUT2D eigenvalue weighted by atomic mass is 10.1. The quantitative estimate of drug-likeness (QED) is 0.451. The molecule has 0 bridgehead atoms. The summed E-state index contributed by atoms with van der Waals surface area (Å²) >= 11 is 0. The number of benzene rings is 3. The SMILES string of the molecule is Cc1cccc(CNCc2c(C(=O)O)n(Cc3cccc(F)c3)c3ccccc23)c1. The summed E-state index contributed by atoms with van der Waals surface area (Å²) in [5.41, 5.74) is 4.85. The van der Waals surface area contributed by atoms with Gasteiger partial charge >= 0.3 is 5.97 Å². The van der Waals surface area contributed by atoms with Gasteiger partial charge in [0.05, 0.1) is 0 Å². The highest BCUT2D eigenvalue weighted by Crippen LogP contribution is 2.28. The van der Waals surface area contributed by atoms with Crippen LogP contribution in [0, 0.1) is 12.7 Å². The molecule has 0 saturated carbocycles. The summed E-state index contributed by atoms with van der Waals surface area (Å²) in [6.45, 7) is 3.40. The Morgan fingerprint density at radius 1 is 0.967 bits per heavy atom. The van der Waals surface area contributed by atoms with Crippen LogP contribution in [0.3, 0.4) is 0 Å². The van der Waals surface area contributed by atoms with Gasteiger partial charge in [0.15, 0.2) is 0 Å². The molecule has 1 heterocycles. The number of carboxylic acids is 1. The Bertz CT molecular complexity index is 1210. The van der Waals surface area contributed by atoms with E-state index in [1.165, 1.54) is 17.7 Å². The number of hydrogen-bond donors (Lipinski definition) is 2. The average Bonchev–Trinajstić information content (AvgIpc) is 3.02. The predicted octanol–water partition coefficient (Wildman–Crippen LogP) is 5.13. The van der Waals surface area contributed by atoms with Crippen LogP contribution in [-0.4, -0.2) is 15.6 Å². The van der Waals surface area contributed by atoms with Gasteiger partial charge in [-0.1, -0.05) is 60.2 Å². The number of carbonyl (C=O) groups is 1. The van der Waals surface area contributed by atoms with E-state index in [0.29, 0.717) is 13.1 Å². The molecule has 4 aromatic rings. The second-order valence-corrected chi connectivity index (χ2v) is 7.46. The van der Waals surface area contributed by atoms with Gasteiger partial charge in [-0.25, -0.2) is 9.18 Å². The third-order valence-electron chi connectivity index (χ3n) is 5.22. The van der Waals surface area contributed by atoms with Gasteiger partial charge in [-0.2, -0.15) is 0 Å². The van der Waals surface area contributed by atoms with Gasteiger partial charge in [-0.3, -0.25) is 0 Å². The Labute approximate surface area is 174 Å². The molecule has 0 amide bonds. The number of para-hydroxylation sites is 1. The molecule has 0 aliphatic carbocycles. The summed E-state index contributed by atoms with van der Waals surface area (Å²) in [7, 11) is 0. The van der Waals surface area contributed by atoms with Gasteiger partial charge < -0.3 is 15.0 Å². The zero-order valence-electron chi connectivity index (χ0n) is 16.7. The van der Waals surface area contributed by atoms with Crippen LogP contribution in [0.5, 0.6) is 0 Å².